The van der Waals surface area contributed by atoms with Gasteiger partial charge < -0.3 is 10.3 Å². The van der Waals surface area contributed by atoms with Gasteiger partial charge in [-0.05, 0) is 73.4 Å². The highest BCUT2D eigenvalue weighted by Gasteiger charge is 2.27. The normalized spacial score (nSPS) is 22.6. The van der Waals surface area contributed by atoms with E-state index < -0.39 is 0 Å². The first kappa shape index (κ1) is 15.2. The zero-order valence-electron chi connectivity index (χ0n) is 14.3. The van der Waals surface area contributed by atoms with Crippen LogP contribution in [0.25, 0.3) is 10.9 Å². The van der Waals surface area contributed by atoms with Crippen LogP contribution in [0.2, 0.25) is 0 Å². The minimum absolute atomic E-state index is 0.145. The van der Waals surface area contributed by atoms with E-state index in [1.807, 2.05) is 6.07 Å². The number of aryl methyl sites for hydroxylation is 2. The number of benzene rings is 2. The Morgan fingerprint density at radius 2 is 1.88 bits per heavy atom. The number of H-pyrrole nitrogens is 1. The minimum Gasteiger partial charge on any atom is -0.357 e. The number of halogens is 1. The average Bonchev–Trinajstić information content (AvgIpc) is 3.01. The van der Waals surface area contributed by atoms with Crippen LogP contribution in [0.4, 0.5) is 4.39 Å². The van der Waals surface area contributed by atoms with Crippen molar-refractivity contribution in [3.05, 3.63) is 70.7 Å². The summed E-state index contributed by atoms with van der Waals surface area (Å²) < 4.78 is 13.7. The molecule has 0 saturated heterocycles. The summed E-state index contributed by atoms with van der Waals surface area (Å²) in [5, 5.41) is 4.97. The van der Waals surface area contributed by atoms with Crippen LogP contribution in [0.1, 0.15) is 47.7 Å². The van der Waals surface area contributed by atoms with E-state index in [0.717, 1.165) is 43.0 Å². The van der Waals surface area contributed by atoms with E-state index in [1.54, 1.807) is 12.1 Å². The molecule has 25 heavy (non-hydrogen) atoms. The fraction of sp³-hybridized carbons (Fsp3) is 0.364. The van der Waals surface area contributed by atoms with Gasteiger partial charge in [-0.15, -0.1) is 0 Å². The number of nitrogens with one attached hydrogen (secondary N) is 2. The Morgan fingerprint density at radius 1 is 1.00 bits per heavy atom. The van der Waals surface area contributed by atoms with Gasteiger partial charge in [0.2, 0.25) is 0 Å². The van der Waals surface area contributed by atoms with Crippen LogP contribution >= 0.6 is 0 Å². The van der Waals surface area contributed by atoms with Gasteiger partial charge in [0.1, 0.15) is 5.82 Å². The third kappa shape index (κ3) is 2.67. The fourth-order valence-electron chi connectivity index (χ4n) is 4.73. The molecule has 0 spiro atoms. The minimum atomic E-state index is -0.145. The molecule has 2 unspecified atom stereocenters. The Labute approximate surface area is 147 Å². The molecular formula is C22H23FN2. The van der Waals surface area contributed by atoms with Gasteiger partial charge in [0.05, 0.1) is 0 Å². The van der Waals surface area contributed by atoms with Crippen molar-refractivity contribution in [3.63, 3.8) is 0 Å². The third-order valence-corrected chi connectivity index (χ3v) is 5.95. The molecule has 0 aliphatic heterocycles. The maximum Gasteiger partial charge on any atom is 0.123 e. The van der Waals surface area contributed by atoms with Crippen LogP contribution in [-0.4, -0.2) is 11.0 Å². The maximum atomic E-state index is 13.7. The van der Waals surface area contributed by atoms with Gasteiger partial charge in [-0.25, -0.2) is 4.39 Å². The van der Waals surface area contributed by atoms with Crippen molar-refractivity contribution < 1.29 is 4.39 Å². The fourth-order valence-corrected chi connectivity index (χ4v) is 4.73. The summed E-state index contributed by atoms with van der Waals surface area (Å²) in [6.45, 7) is 0. The van der Waals surface area contributed by atoms with Gasteiger partial charge in [0.15, 0.2) is 0 Å². The molecule has 2 nitrogen and oxygen atoms in total. The number of aromatic nitrogens is 1. The number of fused-ring (bicyclic) bond motifs is 4. The lowest BCUT2D eigenvalue weighted by Gasteiger charge is -2.32. The highest BCUT2D eigenvalue weighted by molar-refractivity contribution is 5.85. The first-order valence-corrected chi connectivity index (χ1v) is 9.41. The van der Waals surface area contributed by atoms with Crippen molar-refractivity contribution in [2.24, 2.45) is 0 Å². The first-order valence-electron chi connectivity index (χ1n) is 9.41. The lowest BCUT2D eigenvalue weighted by molar-refractivity contribution is 0.364. The molecule has 128 valence electrons. The van der Waals surface area contributed by atoms with E-state index in [2.05, 4.69) is 34.6 Å². The van der Waals surface area contributed by atoms with Gasteiger partial charge in [-0.3, -0.25) is 0 Å². The number of rotatable bonds is 2. The molecule has 3 aromatic rings. The van der Waals surface area contributed by atoms with Crippen molar-refractivity contribution in [1.29, 1.82) is 0 Å². The summed E-state index contributed by atoms with van der Waals surface area (Å²) in [5.41, 5.74) is 6.65. The molecule has 2 aliphatic rings. The molecular weight excluding hydrogens is 311 g/mol. The third-order valence-electron chi connectivity index (χ3n) is 5.95. The molecule has 0 fully saturated rings. The van der Waals surface area contributed by atoms with Crippen LogP contribution in [0.5, 0.6) is 0 Å². The predicted molar refractivity (Wildman–Crippen MR) is 99.3 cm³/mol. The van der Waals surface area contributed by atoms with Crippen LogP contribution in [0.15, 0.2) is 42.5 Å². The molecule has 2 N–H and O–H groups in total. The largest absolute Gasteiger partial charge is 0.357 e. The summed E-state index contributed by atoms with van der Waals surface area (Å²) in [7, 11) is 0. The Balaban J connectivity index is 1.42. The second kappa shape index (κ2) is 5.99. The molecule has 0 radical (unpaired) electrons. The molecule has 0 bridgehead atoms. The number of hydrogen-bond acceptors (Lipinski definition) is 1. The molecule has 0 amide bonds. The molecule has 1 heterocycles. The van der Waals surface area contributed by atoms with Crippen molar-refractivity contribution in [1.82, 2.24) is 10.3 Å². The standard InChI is InChI=1S/C22H23FN2/c23-16-9-11-20-19(13-16)18-6-3-7-21(22(18)25-20)24-17-10-8-14-4-1-2-5-15(14)12-17/h1-2,4-5,9,11,13,17,21,24-25H,3,6-8,10,12H2. The zero-order valence-corrected chi connectivity index (χ0v) is 14.3. The highest BCUT2D eigenvalue weighted by Crippen LogP contribution is 2.36. The molecule has 1 aromatic heterocycles. The van der Waals surface area contributed by atoms with Crippen LogP contribution in [0, 0.1) is 5.82 Å². The van der Waals surface area contributed by atoms with Crippen LogP contribution in [0.3, 0.4) is 0 Å². The monoisotopic (exact) mass is 334 g/mol. The highest BCUT2D eigenvalue weighted by atomic mass is 19.1. The smallest absolute Gasteiger partial charge is 0.123 e. The summed E-state index contributed by atoms with van der Waals surface area (Å²) in [4.78, 5) is 3.57. The van der Waals surface area contributed by atoms with E-state index in [0.29, 0.717) is 12.1 Å². The van der Waals surface area contributed by atoms with Crippen molar-refractivity contribution in [3.8, 4) is 0 Å². The van der Waals surface area contributed by atoms with Crippen LogP contribution < -0.4 is 5.32 Å². The molecule has 5 rings (SSSR count). The van der Waals surface area contributed by atoms with E-state index in [9.17, 15) is 4.39 Å². The van der Waals surface area contributed by atoms with E-state index in [-0.39, 0.29) is 5.82 Å². The van der Waals surface area contributed by atoms with Gasteiger partial charge in [0, 0.05) is 28.7 Å². The molecule has 2 atom stereocenters. The average molecular weight is 334 g/mol. The topological polar surface area (TPSA) is 27.8 Å². The number of hydrogen-bond donors (Lipinski definition) is 2. The summed E-state index contributed by atoms with van der Waals surface area (Å²) in [5.74, 6) is -0.145. The first-order chi connectivity index (χ1) is 12.3. The molecule has 0 saturated carbocycles. The quantitative estimate of drug-likeness (QED) is 0.690. The Kier molecular flexibility index (Phi) is 3.63. The molecule has 3 heteroatoms. The second-order valence-electron chi connectivity index (χ2n) is 7.53. The van der Waals surface area contributed by atoms with Gasteiger partial charge >= 0.3 is 0 Å². The SMILES string of the molecule is Fc1ccc2[nH]c3c(c2c1)CCCC3NC1CCc2ccccc2C1. The summed E-state index contributed by atoms with van der Waals surface area (Å²) >= 11 is 0. The second-order valence-corrected chi connectivity index (χ2v) is 7.53. The van der Waals surface area contributed by atoms with Crippen molar-refractivity contribution in [2.45, 2.75) is 50.6 Å². The van der Waals surface area contributed by atoms with Crippen molar-refractivity contribution in [2.75, 3.05) is 0 Å². The van der Waals surface area contributed by atoms with Gasteiger partial charge in [0.25, 0.3) is 0 Å². The number of aromatic amines is 1. The summed E-state index contributed by atoms with van der Waals surface area (Å²) in [6, 6.07) is 14.8. The molecule has 2 aliphatic carbocycles. The zero-order chi connectivity index (χ0) is 16.8. The van der Waals surface area contributed by atoms with Crippen molar-refractivity contribution >= 4 is 10.9 Å². The Bertz CT molecular complexity index is 927. The maximum absolute atomic E-state index is 13.7. The van der Waals surface area contributed by atoms with Gasteiger partial charge in [-0.1, -0.05) is 24.3 Å². The van der Waals surface area contributed by atoms with E-state index >= 15 is 0 Å². The van der Waals surface area contributed by atoms with E-state index in [1.165, 1.54) is 28.8 Å². The Hall–Kier alpha value is -2.13. The summed E-state index contributed by atoms with van der Waals surface area (Å²) in [6.07, 6.45) is 6.82. The molecule has 2 aromatic carbocycles. The van der Waals surface area contributed by atoms with Crippen LogP contribution in [-0.2, 0) is 19.3 Å². The lowest BCUT2D eigenvalue weighted by Crippen LogP contribution is -2.38. The predicted octanol–water partition coefficient (Wildman–Crippen LogP) is 4.83. The van der Waals surface area contributed by atoms with E-state index in [4.69, 9.17) is 0 Å². The lowest BCUT2D eigenvalue weighted by atomic mass is 9.86. The van der Waals surface area contributed by atoms with Gasteiger partial charge in [-0.2, -0.15) is 0 Å². The Morgan fingerprint density at radius 3 is 2.80 bits per heavy atom.